The summed E-state index contributed by atoms with van der Waals surface area (Å²) in [5.41, 5.74) is 1.32. The molecule has 0 bridgehead atoms. The van der Waals surface area contributed by atoms with Crippen molar-refractivity contribution in [3.05, 3.63) is 60.2 Å². The third-order valence-corrected chi connectivity index (χ3v) is 2.94. The molecule has 0 aromatic heterocycles. The number of amides is 1. The van der Waals surface area contributed by atoms with Crippen LogP contribution in [0.3, 0.4) is 0 Å². The van der Waals surface area contributed by atoms with Gasteiger partial charge in [-0.25, -0.2) is 0 Å². The van der Waals surface area contributed by atoms with E-state index in [4.69, 9.17) is 4.74 Å². The summed E-state index contributed by atoms with van der Waals surface area (Å²) < 4.78 is 5.16. The van der Waals surface area contributed by atoms with E-state index in [0.717, 1.165) is 5.56 Å². The van der Waals surface area contributed by atoms with E-state index in [1.165, 1.54) is 0 Å². The minimum Gasteiger partial charge on any atom is -0.495 e. The predicted molar refractivity (Wildman–Crippen MR) is 77.6 cm³/mol. The zero-order valence-corrected chi connectivity index (χ0v) is 11.2. The van der Waals surface area contributed by atoms with Crippen molar-refractivity contribution < 1.29 is 14.6 Å². The van der Waals surface area contributed by atoms with Crippen LogP contribution in [0.25, 0.3) is 0 Å². The molecule has 0 saturated carbocycles. The Morgan fingerprint density at radius 1 is 1.15 bits per heavy atom. The molecule has 0 aliphatic rings. The number of aliphatic hydroxyl groups is 1. The van der Waals surface area contributed by atoms with Crippen molar-refractivity contribution in [3.63, 3.8) is 0 Å². The van der Waals surface area contributed by atoms with Gasteiger partial charge in [-0.3, -0.25) is 4.79 Å². The van der Waals surface area contributed by atoms with Crippen LogP contribution in [-0.2, 0) is 4.79 Å². The standard InChI is InChI=1S/C16H17NO3/c1-20-15-10-6-5-9-13(15)17-16(19)11-14(18)12-7-3-2-4-8-12/h2-10,14,18H,11H2,1H3,(H,17,19). The van der Waals surface area contributed by atoms with Crippen molar-refractivity contribution in [2.75, 3.05) is 12.4 Å². The summed E-state index contributed by atoms with van der Waals surface area (Å²) >= 11 is 0. The normalized spacial score (nSPS) is 11.7. The summed E-state index contributed by atoms with van der Waals surface area (Å²) in [7, 11) is 1.55. The Kier molecular flexibility index (Phi) is 4.74. The molecule has 0 fully saturated rings. The smallest absolute Gasteiger partial charge is 0.227 e. The van der Waals surface area contributed by atoms with Crippen LogP contribution in [0.4, 0.5) is 5.69 Å². The topological polar surface area (TPSA) is 58.6 Å². The van der Waals surface area contributed by atoms with Crippen LogP contribution < -0.4 is 10.1 Å². The molecule has 2 N–H and O–H groups in total. The number of methoxy groups -OCH3 is 1. The van der Waals surface area contributed by atoms with Crippen LogP contribution in [0.5, 0.6) is 5.75 Å². The second-order valence-corrected chi connectivity index (χ2v) is 4.38. The number of anilines is 1. The van der Waals surface area contributed by atoms with E-state index in [0.29, 0.717) is 11.4 Å². The molecule has 0 aliphatic carbocycles. The average Bonchev–Trinajstić information content (AvgIpc) is 2.48. The van der Waals surface area contributed by atoms with Crippen LogP contribution in [0.15, 0.2) is 54.6 Å². The van der Waals surface area contributed by atoms with Crippen LogP contribution in [0.2, 0.25) is 0 Å². The zero-order chi connectivity index (χ0) is 14.4. The van der Waals surface area contributed by atoms with Gasteiger partial charge in [-0.1, -0.05) is 42.5 Å². The zero-order valence-electron chi connectivity index (χ0n) is 11.2. The Morgan fingerprint density at radius 2 is 1.80 bits per heavy atom. The van der Waals surface area contributed by atoms with Gasteiger partial charge < -0.3 is 15.2 Å². The van der Waals surface area contributed by atoms with E-state index in [1.807, 2.05) is 30.3 Å². The average molecular weight is 271 g/mol. The lowest BCUT2D eigenvalue weighted by molar-refractivity contribution is -0.118. The fourth-order valence-corrected chi connectivity index (χ4v) is 1.92. The molecule has 0 aliphatic heterocycles. The van der Waals surface area contributed by atoms with Crippen molar-refractivity contribution in [2.24, 2.45) is 0 Å². The highest BCUT2D eigenvalue weighted by atomic mass is 16.5. The van der Waals surface area contributed by atoms with E-state index in [2.05, 4.69) is 5.32 Å². The maximum absolute atomic E-state index is 11.9. The summed E-state index contributed by atoms with van der Waals surface area (Å²) in [4.78, 5) is 11.9. The third-order valence-electron chi connectivity index (χ3n) is 2.94. The second-order valence-electron chi connectivity index (χ2n) is 4.38. The molecule has 2 rings (SSSR count). The quantitative estimate of drug-likeness (QED) is 0.879. The fourth-order valence-electron chi connectivity index (χ4n) is 1.92. The van der Waals surface area contributed by atoms with Crippen molar-refractivity contribution in [1.82, 2.24) is 0 Å². The van der Waals surface area contributed by atoms with Gasteiger partial charge >= 0.3 is 0 Å². The van der Waals surface area contributed by atoms with Crippen LogP contribution >= 0.6 is 0 Å². The van der Waals surface area contributed by atoms with Crippen molar-refractivity contribution in [3.8, 4) is 5.75 Å². The van der Waals surface area contributed by atoms with Gasteiger partial charge in [0.1, 0.15) is 5.75 Å². The first-order valence-corrected chi connectivity index (χ1v) is 6.36. The van der Waals surface area contributed by atoms with E-state index < -0.39 is 6.10 Å². The van der Waals surface area contributed by atoms with Gasteiger partial charge in [0.05, 0.1) is 25.3 Å². The predicted octanol–water partition coefficient (Wildman–Crippen LogP) is 2.76. The van der Waals surface area contributed by atoms with Crippen LogP contribution in [0, 0.1) is 0 Å². The highest BCUT2D eigenvalue weighted by Crippen LogP contribution is 2.24. The van der Waals surface area contributed by atoms with E-state index in [1.54, 1.807) is 31.4 Å². The van der Waals surface area contributed by atoms with Gasteiger partial charge in [-0.2, -0.15) is 0 Å². The molecular weight excluding hydrogens is 254 g/mol. The number of nitrogens with one attached hydrogen (secondary N) is 1. The minimum atomic E-state index is -0.814. The third kappa shape index (κ3) is 3.59. The number of para-hydroxylation sites is 2. The molecule has 104 valence electrons. The lowest BCUT2D eigenvalue weighted by atomic mass is 10.1. The molecule has 0 spiro atoms. The van der Waals surface area contributed by atoms with Gasteiger partial charge in [0.2, 0.25) is 5.91 Å². The Morgan fingerprint density at radius 3 is 2.50 bits per heavy atom. The Hall–Kier alpha value is -2.33. The van der Waals surface area contributed by atoms with Crippen molar-refractivity contribution in [1.29, 1.82) is 0 Å². The molecule has 0 heterocycles. The Bertz CT molecular complexity index is 569. The van der Waals surface area contributed by atoms with Crippen LogP contribution in [0.1, 0.15) is 18.1 Å². The SMILES string of the molecule is COc1ccccc1NC(=O)CC(O)c1ccccc1. The number of rotatable bonds is 5. The van der Waals surface area contributed by atoms with E-state index >= 15 is 0 Å². The number of carbonyl (C=O) groups is 1. The summed E-state index contributed by atoms with van der Waals surface area (Å²) in [5, 5.41) is 12.7. The minimum absolute atomic E-state index is 0.00205. The molecule has 1 unspecified atom stereocenters. The van der Waals surface area contributed by atoms with Gasteiger partial charge in [0, 0.05) is 0 Å². The molecule has 1 amide bonds. The lowest BCUT2D eigenvalue weighted by Gasteiger charge is -2.13. The highest BCUT2D eigenvalue weighted by molar-refractivity contribution is 5.92. The van der Waals surface area contributed by atoms with Gasteiger partial charge in [-0.15, -0.1) is 0 Å². The number of aliphatic hydroxyl groups excluding tert-OH is 1. The molecular formula is C16H17NO3. The van der Waals surface area contributed by atoms with E-state index in [-0.39, 0.29) is 12.3 Å². The first kappa shape index (κ1) is 14.1. The first-order valence-electron chi connectivity index (χ1n) is 6.36. The molecule has 2 aromatic rings. The molecule has 20 heavy (non-hydrogen) atoms. The van der Waals surface area contributed by atoms with Crippen molar-refractivity contribution >= 4 is 11.6 Å². The maximum Gasteiger partial charge on any atom is 0.227 e. The second kappa shape index (κ2) is 6.73. The van der Waals surface area contributed by atoms with Crippen molar-refractivity contribution in [2.45, 2.75) is 12.5 Å². The maximum atomic E-state index is 11.9. The number of ether oxygens (including phenoxy) is 1. The molecule has 0 radical (unpaired) electrons. The van der Waals surface area contributed by atoms with Gasteiger partial charge in [0.25, 0.3) is 0 Å². The van der Waals surface area contributed by atoms with Gasteiger partial charge in [-0.05, 0) is 17.7 Å². The summed E-state index contributed by atoms with van der Waals surface area (Å²) in [5.74, 6) is 0.334. The summed E-state index contributed by atoms with van der Waals surface area (Å²) in [6.45, 7) is 0. The molecule has 4 nitrogen and oxygen atoms in total. The fraction of sp³-hybridized carbons (Fsp3) is 0.188. The summed E-state index contributed by atoms with van der Waals surface area (Å²) in [6, 6.07) is 16.3. The molecule has 2 aromatic carbocycles. The Labute approximate surface area is 118 Å². The lowest BCUT2D eigenvalue weighted by Crippen LogP contribution is -2.16. The Balaban J connectivity index is 1.99. The summed E-state index contributed by atoms with van der Waals surface area (Å²) in [6.07, 6.45) is -0.812. The number of hydrogen-bond donors (Lipinski definition) is 2. The largest absolute Gasteiger partial charge is 0.495 e. The molecule has 4 heteroatoms. The number of hydrogen-bond acceptors (Lipinski definition) is 3. The number of benzene rings is 2. The van der Waals surface area contributed by atoms with Crippen LogP contribution in [-0.4, -0.2) is 18.1 Å². The molecule has 0 saturated heterocycles. The monoisotopic (exact) mass is 271 g/mol. The van der Waals surface area contributed by atoms with Gasteiger partial charge in [0.15, 0.2) is 0 Å². The molecule has 1 atom stereocenters. The number of carbonyl (C=O) groups excluding carboxylic acids is 1. The first-order chi connectivity index (χ1) is 9.70. The highest BCUT2D eigenvalue weighted by Gasteiger charge is 2.14. The van der Waals surface area contributed by atoms with E-state index in [9.17, 15) is 9.90 Å².